The molecule has 1 N–H and O–H groups in total. The summed E-state index contributed by atoms with van der Waals surface area (Å²) in [7, 11) is 0. The Morgan fingerprint density at radius 1 is 1.08 bits per heavy atom. The van der Waals surface area contributed by atoms with Gasteiger partial charge in [-0.15, -0.1) is 13.2 Å². The van der Waals surface area contributed by atoms with E-state index >= 15 is 0 Å². The Morgan fingerprint density at radius 2 is 1.85 bits per heavy atom. The summed E-state index contributed by atoms with van der Waals surface area (Å²) in [6, 6.07) is 14.5. The first-order valence-corrected chi connectivity index (χ1v) is 7.78. The van der Waals surface area contributed by atoms with Crippen LogP contribution < -0.4 is 4.74 Å². The van der Waals surface area contributed by atoms with Crippen molar-refractivity contribution in [1.82, 2.24) is 4.98 Å². The fourth-order valence-electron chi connectivity index (χ4n) is 2.70. The molecule has 1 aromatic heterocycles. The van der Waals surface area contributed by atoms with Crippen molar-refractivity contribution < 1.29 is 27.8 Å². The predicted octanol–water partition coefficient (Wildman–Crippen LogP) is 4.82. The van der Waals surface area contributed by atoms with E-state index in [2.05, 4.69) is 9.72 Å². The maximum Gasteiger partial charge on any atom is 0.573 e. The second-order valence-corrected chi connectivity index (χ2v) is 5.65. The van der Waals surface area contributed by atoms with E-state index in [0.717, 1.165) is 10.9 Å². The lowest BCUT2D eigenvalue weighted by atomic mass is 10.0. The topological polar surface area (TPSA) is 59.4 Å². The summed E-state index contributed by atoms with van der Waals surface area (Å²) in [5.74, 6) is -1.26. The molecule has 0 spiro atoms. The minimum absolute atomic E-state index is 0.0509. The normalized spacial score (nSPS) is 11.5. The van der Waals surface area contributed by atoms with Crippen molar-refractivity contribution in [1.29, 1.82) is 0 Å². The number of rotatable bonds is 5. The molecule has 0 amide bonds. The van der Waals surface area contributed by atoms with E-state index in [9.17, 15) is 18.0 Å². The smallest absolute Gasteiger partial charge is 0.481 e. The molecule has 3 rings (SSSR count). The monoisotopic (exact) mass is 361 g/mol. The molecule has 7 heteroatoms. The Bertz CT molecular complexity index is 954. The molecule has 26 heavy (non-hydrogen) atoms. The van der Waals surface area contributed by atoms with Crippen LogP contribution in [0.1, 0.15) is 12.0 Å². The molecule has 0 aliphatic carbocycles. The number of para-hydroxylation sites is 1. The van der Waals surface area contributed by atoms with Crippen LogP contribution >= 0.6 is 0 Å². The Hall–Kier alpha value is -3.09. The number of aliphatic carboxylic acids is 1. The molecule has 0 atom stereocenters. The number of carboxylic acid groups (broad SMARTS) is 1. The van der Waals surface area contributed by atoms with Gasteiger partial charge in [-0.2, -0.15) is 0 Å². The van der Waals surface area contributed by atoms with Gasteiger partial charge in [0.05, 0.1) is 11.2 Å². The lowest BCUT2D eigenvalue weighted by Crippen LogP contribution is -2.17. The average molecular weight is 361 g/mol. The summed E-state index contributed by atoms with van der Waals surface area (Å²) in [4.78, 5) is 15.4. The molecule has 134 valence electrons. The zero-order chi connectivity index (χ0) is 18.7. The fourth-order valence-corrected chi connectivity index (χ4v) is 2.70. The van der Waals surface area contributed by atoms with E-state index in [1.54, 1.807) is 24.3 Å². The van der Waals surface area contributed by atoms with Crippen molar-refractivity contribution in [3.05, 3.63) is 60.2 Å². The summed E-state index contributed by atoms with van der Waals surface area (Å²) < 4.78 is 41.2. The first-order valence-electron chi connectivity index (χ1n) is 7.78. The van der Waals surface area contributed by atoms with E-state index in [1.165, 1.54) is 18.2 Å². The van der Waals surface area contributed by atoms with Crippen LogP contribution in [0.15, 0.2) is 54.6 Å². The second-order valence-electron chi connectivity index (χ2n) is 5.65. The average Bonchev–Trinajstić information content (AvgIpc) is 2.58. The molecule has 0 saturated heterocycles. The number of nitrogens with zero attached hydrogens (tertiary/aromatic N) is 1. The first-order chi connectivity index (χ1) is 12.3. The third-order valence-electron chi connectivity index (χ3n) is 3.77. The zero-order valence-corrected chi connectivity index (χ0v) is 13.5. The molecule has 0 bridgehead atoms. The van der Waals surface area contributed by atoms with Crippen molar-refractivity contribution in [2.24, 2.45) is 0 Å². The molecule has 1 heterocycles. The summed E-state index contributed by atoms with van der Waals surface area (Å²) >= 11 is 0. The predicted molar refractivity (Wildman–Crippen MR) is 89.8 cm³/mol. The molecular formula is C19H14F3NO3. The van der Waals surface area contributed by atoms with Crippen molar-refractivity contribution >= 4 is 16.9 Å². The first kappa shape index (κ1) is 17.7. The van der Waals surface area contributed by atoms with Crippen LogP contribution in [-0.2, 0) is 11.2 Å². The largest absolute Gasteiger partial charge is 0.573 e. The van der Waals surface area contributed by atoms with Gasteiger partial charge in [0.15, 0.2) is 0 Å². The number of benzene rings is 2. The van der Waals surface area contributed by atoms with E-state index in [4.69, 9.17) is 5.11 Å². The zero-order valence-electron chi connectivity index (χ0n) is 13.5. The summed E-state index contributed by atoms with van der Waals surface area (Å²) in [5.41, 5.74) is 2.33. The Kier molecular flexibility index (Phi) is 4.79. The molecule has 0 radical (unpaired) electrons. The van der Waals surface area contributed by atoms with Gasteiger partial charge in [0.25, 0.3) is 0 Å². The maximum atomic E-state index is 12.4. The minimum Gasteiger partial charge on any atom is -0.481 e. The van der Waals surface area contributed by atoms with Crippen LogP contribution in [0.4, 0.5) is 13.2 Å². The quantitative estimate of drug-likeness (QED) is 0.708. The third-order valence-corrected chi connectivity index (χ3v) is 3.77. The Labute approximate surface area is 146 Å². The highest BCUT2D eigenvalue weighted by Gasteiger charge is 2.31. The number of hydrogen-bond donors (Lipinski definition) is 1. The fraction of sp³-hybridized carbons (Fsp3) is 0.158. The number of fused-ring (bicyclic) bond motifs is 1. The molecule has 2 aromatic carbocycles. The summed E-state index contributed by atoms with van der Waals surface area (Å²) in [6.45, 7) is 0. The van der Waals surface area contributed by atoms with Gasteiger partial charge in [-0.25, -0.2) is 4.98 Å². The number of carboxylic acids is 1. The van der Waals surface area contributed by atoms with E-state index in [1.807, 2.05) is 12.1 Å². The number of halogens is 3. The van der Waals surface area contributed by atoms with E-state index in [0.29, 0.717) is 23.2 Å². The lowest BCUT2D eigenvalue weighted by molar-refractivity contribution is -0.274. The molecule has 0 aliphatic heterocycles. The van der Waals surface area contributed by atoms with Gasteiger partial charge in [-0.1, -0.05) is 30.3 Å². The second kappa shape index (κ2) is 7.03. The van der Waals surface area contributed by atoms with Crippen LogP contribution in [0.2, 0.25) is 0 Å². The van der Waals surface area contributed by atoms with Gasteiger partial charge in [-0.3, -0.25) is 4.79 Å². The number of hydrogen-bond acceptors (Lipinski definition) is 3. The van der Waals surface area contributed by atoms with Gasteiger partial charge in [0.1, 0.15) is 5.75 Å². The van der Waals surface area contributed by atoms with Crippen molar-refractivity contribution in [2.75, 3.05) is 0 Å². The maximum absolute atomic E-state index is 12.4. The molecule has 3 aromatic rings. The highest BCUT2D eigenvalue weighted by atomic mass is 19.4. The molecular weight excluding hydrogens is 347 g/mol. The summed E-state index contributed by atoms with van der Waals surface area (Å²) in [5, 5.41) is 9.76. The molecule has 0 saturated carbocycles. The summed E-state index contributed by atoms with van der Waals surface area (Å²) in [6.07, 6.45) is -4.53. The highest BCUT2D eigenvalue weighted by molar-refractivity contribution is 5.85. The Balaban J connectivity index is 2.05. The molecule has 0 aliphatic rings. The number of aryl methyl sites for hydroxylation is 1. The van der Waals surface area contributed by atoms with Crippen LogP contribution in [0, 0.1) is 0 Å². The van der Waals surface area contributed by atoms with Crippen LogP contribution in [-0.4, -0.2) is 22.4 Å². The highest BCUT2D eigenvalue weighted by Crippen LogP contribution is 2.30. The number of alkyl halides is 3. The van der Waals surface area contributed by atoms with Crippen LogP contribution in [0.3, 0.4) is 0 Å². The SMILES string of the molecule is O=C(O)CCc1cc(-c2cccc(OC(F)(F)F)c2)nc2ccccc12. The molecule has 4 nitrogen and oxygen atoms in total. The van der Waals surface area contributed by atoms with Crippen molar-refractivity contribution in [2.45, 2.75) is 19.2 Å². The number of ether oxygens (including phenoxy) is 1. The van der Waals surface area contributed by atoms with Crippen LogP contribution in [0.25, 0.3) is 22.2 Å². The van der Waals surface area contributed by atoms with Crippen molar-refractivity contribution in [3.8, 4) is 17.0 Å². The number of aromatic nitrogens is 1. The standard InChI is InChI=1S/C19H14F3NO3/c20-19(21,22)26-14-5-3-4-13(10-14)17-11-12(8-9-18(24)25)15-6-1-2-7-16(15)23-17/h1-7,10-11H,8-9H2,(H,24,25). The van der Waals surface area contributed by atoms with E-state index < -0.39 is 12.3 Å². The van der Waals surface area contributed by atoms with Gasteiger partial charge < -0.3 is 9.84 Å². The number of carbonyl (C=O) groups is 1. The van der Waals surface area contributed by atoms with Gasteiger partial charge in [0.2, 0.25) is 0 Å². The van der Waals surface area contributed by atoms with E-state index in [-0.39, 0.29) is 12.2 Å². The Morgan fingerprint density at radius 3 is 2.58 bits per heavy atom. The molecule has 0 unspecified atom stereocenters. The van der Waals surface area contributed by atoms with Gasteiger partial charge >= 0.3 is 12.3 Å². The third kappa shape index (κ3) is 4.30. The van der Waals surface area contributed by atoms with Crippen LogP contribution in [0.5, 0.6) is 5.75 Å². The van der Waals surface area contributed by atoms with Crippen molar-refractivity contribution in [3.63, 3.8) is 0 Å². The lowest BCUT2D eigenvalue weighted by Gasteiger charge is -2.12. The number of pyridine rings is 1. The minimum atomic E-state index is -4.78. The van der Waals surface area contributed by atoms with Gasteiger partial charge in [0, 0.05) is 17.4 Å². The van der Waals surface area contributed by atoms with Gasteiger partial charge in [-0.05, 0) is 36.2 Å². The molecule has 0 fully saturated rings.